The van der Waals surface area contributed by atoms with Gasteiger partial charge in [-0.3, -0.25) is 0 Å². The van der Waals surface area contributed by atoms with Crippen LogP contribution in [0.1, 0.15) is 81.2 Å². The molecule has 256 valence electrons. The molecule has 7 rings (SSSR count). The van der Waals surface area contributed by atoms with E-state index in [9.17, 15) is 15.2 Å². The average molecular weight is 788 g/mol. The van der Waals surface area contributed by atoms with Crippen LogP contribution in [0.2, 0.25) is 0 Å². The molecule has 7 aromatic rings. The lowest BCUT2D eigenvalue weighted by atomic mass is 9.96. The van der Waals surface area contributed by atoms with E-state index in [4.69, 9.17) is 0 Å². The molecular formula is C40H37NO2S7. The Balaban J connectivity index is 1.24. The number of carboxylic acid groups (broad SMARTS) is 1. The summed E-state index contributed by atoms with van der Waals surface area (Å²) in [6.45, 7) is 4.53. The molecule has 50 heavy (non-hydrogen) atoms. The molecule has 0 radical (unpaired) electrons. The van der Waals surface area contributed by atoms with E-state index in [2.05, 4.69) is 61.7 Å². The fraction of sp³-hybridized carbons (Fsp3) is 0.300. The van der Waals surface area contributed by atoms with E-state index in [0.29, 0.717) is 0 Å². The zero-order chi connectivity index (χ0) is 34.6. The van der Waals surface area contributed by atoms with Crippen molar-refractivity contribution in [2.75, 3.05) is 0 Å². The van der Waals surface area contributed by atoms with Gasteiger partial charge >= 0.3 is 5.97 Å². The Bertz CT molecular complexity index is 2320. The fourth-order valence-corrected chi connectivity index (χ4v) is 14.9. The summed E-state index contributed by atoms with van der Waals surface area (Å²) in [4.78, 5) is 22.9. The number of hydrogen-bond acceptors (Lipinski definition) is 9. The summed E-state index contributed by atoms with van der Waals surface area (Å²) in [5.41, 5.74) is 2.74. The van der Waals surface area contributed by atoms with Gasteiger partial charge in [-0.25, -0.2) is 4.79 Å². The number of nitrogens with zero attached hydrogens (tertiary/aromatic N) is 1. The second kappa shape index (κ2) is 16.2. The van der Waals surface area contributed by atoms with E-state index in [1.807, 2.05) is 80.2 Å². The Hall–Kier alpha value is -2.88. The first-order valence-corrected chi connectivity index (χ1v) is 22.9. The number of hydrogen-bond donors (Lipinski definition) is 1. The van der Waals surface area contributed by atoms with Crippen molar-refractivity contribution in [1.82, 2.24) is 0 Å². The highest BCUT2D eigenvalue weighted by atomic mass is 32.1. The number of carboxylic acids is 1. The molecule has 0 aliphatic rings. The van der Waals surface area contributed by atoms with Crippen LogP contribution in [0.15, 0.2) is 59.5 Å². The number of thiophene rings is 7. The van der Waals surface area contributed by atoms with Gasteiger partial charge in [-0.05, 0) is 96.8 Å². The highest BCUT2D eigenvalue weighted by Crippen LogP contribution is 2.51. The molecule has 3 nitrogen and oxygen atoms in total. The van der Waals surface area contributed by atoms with E-state index in [1.54, 1.807) is 11.3 Å². The second-order valence-corrected chi connectivity index (χ2v) is 19.7. The van der Waals surface area contributed by atoms with Crippen molar-refractivity contribution in [2.45, 2.75) is 78.1 Å². The Kier molecular flexibility index (Phi) is 11.5. The van der Waals surface area contributed by atoms with E-state index in [0.717, 1.165) is 22.6 Å². The molecule has 7 heterocycles. The molecule has 0 unspecified atom stereocenters. The van der Waals surface area contributed by atoms with Gasteiger partial charge in [-0.15, -0.1) is 79.4 Å². The normalized spacial score (nSPS) is 12.1. The average Bonchev–Trinajstić information content (AvgIpc) is 3.95. The first-order chi connectivity index (χ1) is 24.5. The number of carbonyl (C=O) groups is 1. The summed E-state index contributed by atoms with van der Waals surface area (Å²) in [7, 11) is 0. The third-order valence-corrected chi connectivity index (χ3v) is 17.6. The quantitative estimate of drug-likeness (QED) is 0.0603. The summed E-state index contributed by atoms with van der Waals surface area (Å²) in [5.74, 6) is -1.19. The van der Waals surface area contributed by atoms with Crippen molar-refractivity contribution in [3.05, 3.63) is 75.5 Å². The van der Waals surface area contributed by atoms with Crippen molar-refractivity contribution >= 4 is 110 Å². The summed E-state index contributed by atoms with van der Waals surface area (Å²) in [6.07, 6.45) is 13.4. The molecule has 0 saturated heterocycles. The molecule has 0 aromatic carbocycles. The van der Waals surface area contributed by atoms with Gasteiger partial charge in [0.1, 0.15) is 11.6 Å². The highest BCUT2D eigenvalue weighted by Gasteiger charge is 2.23. The fourth-order valence-electron chi connectivity index (χ4n) is 6.31. The molecule has 0 atom stereocenters. The van der Waals surface area contributed by atoms with Gasteiger partial charge in [0.25, 0.3) is 0 Å². The van der Waals surface area contributed by atoms with Gasteiger partial charge in [-0.1, -0.05) is 52.4 Å². The van der Waals surface area contributed by atoms with E-state index < -0.39 is 5.97 Å². The van der Waals surface area contributed by atoms with E-state index in [-0.39, 0.29) is 5.57 Å². The lowest BCUT2D eigenvalue weighted by Crippen LogP contribution is -1.96. The topological polar surface area (TPSA) is 61.1 Å². The summed E-state index contributed by atoms with van der Waals surface area (Å²) in [5, 5.41) is 21.0. The molecule has 0 fully saturated rings. The van der Waals surface area contributed by atoms with Crippen LogP contribution < -0.4 is 0 Å². The SMILES string of the molecule is CCCCCCc1c(-c2ccc(/C=C(\C#N)C(=O)O)s2)sc(-c2ccc(-c3ccc(-c4cc5sc6ccsc6c5s4)s3)s2)c1CCCCCC. The Morgan fingerprint density at radius 2 is 1.26 bits per heavy atom. The lowest BCUT2D eigenvalue weighted by Gasteiger charge is -2.09. The molecule has 0 aliphatic carbocycles. The van der Waals surface area contributed by atoms with Crippen LogP contribution in [0, 0.1) is 11.3 Å². The third kappa shape index (κ3) is 7.51. The molecule has 0 spiro atoms. The monoisotopic (exact) mass is 787 g/mol. The molecule has 10 heteroatoms. The van der Waals surface area contributed by atoms with Gasteiger partial charge in [-0.2, -0.15) is 5.26 Å². The Labute approximate surface area is 321 Å². The molecule has 7 aromatic heterocycles. The standard InChI is InChI=1S/C40H37NO2S7/c1-3-5-7-9-11-26-27(12-10-8-6-4-2)37(50-36(26)31-14-13-25(45-31)21-24(23-41)40(42)43)32-18-17-29(47-32)28-15-16-30(46-28)34-22-35-39(49-34)38-33(48-35)19-20-44-38/h13-22H,3-12H2,1-2H3,(H,42,43)/b24-21+. The van der Waals surface area contributed by atoms with Crippen LogP contribution in [0.5, 0.6) is 0 Å². The van der Waals surface area contributed by atoms with Gasteiger partial charge in [0.2, 0.25) is 0 Å². The Morgan fingerprint density at radius 1 is 0.660 bits per heavy atom. The summed E-state index contributed by atoms with van der Waals surface area (Å²) in [6, 6.07) is 19.7. The van der Waals surface area contributed by atoms with Crippen molar-refractivity contribution in [2.24, 2.45) is 0 Å². The highest BCUT2D eigenvalue weighted by molar-refractivity contribution is 7.39. The lowest BCUT2D eigenvalue weighted by molar-refractivity contribution is -0.132. The van der Waals surface area contributed by atoms with E-state index in [1.165, 1.54) is 122 Å². The smallest absolute Gasteiger partial charge is 0.346 e. The maximum atomic E-state index is 11.5. The van der Waals surface area contributed by atoms with Gasteiger partial charge in [0, 0.05) is 53.3 Å². The number of aliphatic carboxylic acids is 1. The van der Waals surface area contributed by atoms with Crippen LogP contribution in [-0.2, 0) is 17.6 Å². The summed E-state index contributed by atoms with van der Waals surface area (Å²) >= 11 is 13.0. The zero-order valence-electron chi connectivity index (χ0n) is 28.0. The zero-order valence-corrected chi connectivity index (χ0v) is 33.7. The number of unbranched alkanes of at least 4 members (excludes halogenated alkanes) is 6. The van der Waals surface area contributed by atoms with Crippen LogP contribution in [-0.4, -0.2) is 11.1 Å². The number of rotatable bonds is 16. The first kappa shape index (κ1) is 35.5. The maximum absolute atomic E-state index is 11.5. The maximum Gasteiger partial charge on any atom is 0.346 e. The van der Waals surface area contributed by atoms with Gasteiger partial charge < -0.3 is 5.11 Å². The van der Waals surface area contributed by atoms with Crippen LogP contribution in [0.3, 0.4) is 0 Å². The molecule has 1 N–H and O–H groups in total. The van der Waals surface area contributed by atoms with Crippen molar-refractivity contribution in [3.63, 3.8) is 0 Å². The van der Waals surface area contributed by atoms with Crippen molar-refractivity contribution in [1.29, 1.82) is 5.26 Å². The predicted molar refractivity (Wildman–Crippen MR) is 225 cm³/mol. The van der Waals surface area contributed by atoms with Crippen molar-refractivity contribution < 1.29 is 9.90 Å². The molecule has 0 aliphatic heterocycles. The van der Waals surface area contributed by atoms with Gasteiger partial charge in [0.05, 0.1) is 9.40 Å². The van der Waals surface area contributed by atoms with Crippen LogP contribution >= 0.6 is 79.4 Å². The molecular weight excluding hydrogens is 751 g/mol. The molecule has 0 saturated carbocycles. The minimum Gasteiger partial charge on any atom is -0.477 e. The number of nitriles is 1. The third-order valence-electron chi connectivity index (χ3n) is 8.84. The number of fused-ring (bicyclic) bond motifs is 3. The van der Waals surface area contributed by atoms with E-state index >= 15 is 0 Å². The molecule has 0 amide bonds. The van der Waals surface area contributed by atoms with Crippen molar-refractivity contribution in [3.8, 4) is 45.1 Å². The minimum atomic E-state index is -1.19. The Morgan fingerprint density at radius 3 is 1.90 bits per heavy atom. The second-order valence-electron chi connectivity index (χ2n) is 12.4. The first-order valence-electron chi connectivity index (χ1n) is 17.2. The summed E-state index contributed by atoms with van der Waals surface area (Å²) < 4.78 is 5.64. The molecule has 0 bridgehead atoms. The van der Waals surface area contributed by atoms with Crippen LogP contribution in [0.25, 0.3) is 63.9 Å². The predicted octanol–water partition coefficient (Wildman–Crippen LogP) is 15.3. The minimum absolute atomic E-state index is 0.233. The van der Waals surface area contributed by atoms with Gasteiger partial charge in [0.15, 0.2) is 0 Å². The van der Waals surface area contributed by atoms with Crippen LogP contribution in [0.4, 0.5) is 0 Å². The largest absolute Gasteiger partial charge is 0.477 e.